The maximum atomic E-state index is 12.5. The third-order valence-corrected chi connectivity index (χ3v) is 3.98. The summed E-state index contributed by atoms with van der Waals surface area (Å²) in [6.45, 7) is 1.96. The molecule has 2 aromatic rings. The minimum absolute atomic E-state index is 0.0754. The van der Waals surface area contributed by atoms with Crippen molar-refractivity contribution in [2.45, 2.75) is 32.1 Å². The number of carbonyl (C=O) groups is 1. The van der Waals surface area contributed by atoms with Gasteiger partial charge in [-0.05, 0) is 37.0 Å². The minimum Gasteiger partial charge on any atom is -0.299 e. The average Bonchev–Trinajstić information content (AvgIpc) is 2.93. The van der Waals surface area contributed by atoms with E-state index in [1.165, 1.54) is 11.1 Å². The van der Waals surface area contributed by atoms with Crippen LogP contribution in [-0.2, 0) is 24.7 Å². The van der Waals surface area contributed by atoms with Crippen LogP contribution in [0.15, 0.2) is 30.3 Å². The Balaban J connectivity index is 1.81. The lowest BCUT2D eigenvalue weighted by Gasteiger charge is -2.10. The van der Waals surface area contributed by atoms with Crippen molar-refractivity contribution < 1.29 is 4.79 Å². The molecular formula is C16H18N2O. The summed E-state index contributed by atoms with van der Waals surface area (Å²) in [5.74, 6) is 0.388. The first-order chi connectivity index (χ1) is 9.15. The van der Waals surface area contributed by atoms with E-state index in [0.717, 1.165) is 24.2 Å². The summed E-state index contributed by atoms with van der Waals surface area (Å²) in [5, 5.41) is 4.30. The highest BCUT2D eigenvalue weighted by Crippen LogP contribution is 2.34. The standard InChI is InChI=1S/C16H18N2O/c1-11-9-13(18(2)17-11)10-16(19)15-8-7-12-5-3-4-6-14(12)15/h3-6,9,15H,7-8,10H2,1-2H3. The number of fused-ring (bicyclic) bond motifs is 1. The summed E-state index contributed by atoms with van der Waals surface area (Å²) < 4.78 is 1.81. The SMILES string of the molecule is Cc1cc(CC(=O)C2CCc3ccccc32)n(C)n1. The summed E-state index contributed by atoms with van der Waals surface area (Å²) in [7, 11) is 1.90. The van der Waals surface area contributed by atoms with Gasteiger partial charge in [-0.15, -0.1) is 0 Å². The van der Waals surface area contributed by atoms with E-state index in [1.54, 1.807) is 0 Å². The zero-order chi connectivity index (χ0) is 13.4. The van der Waals surface area contributed by atoms with E-state index in [1.807, 2.05) is 30.8 Å². The lowest BCUT2D eigenvalue weighted by molar-refractivity contribution is -0.119. The molecule has 1 aromatic heterocycles. The van der Waals surface area contributed by atoms with Gasteiger partial charge in [0, 0.05) is 25.1 Å². The number of carbonyl (C=O) groups excluding carboxylic acids is 1. The summed E-state index contributed by atoms with van der Waals surface area (Å²) in [6.07, 6.45) is 2.46. The Hall–Kier alpha value is -1.90. The Bertz CT molecular complexity index is 627. The van der Waals surface area contributed by atoms with Crippen molar-refractivity contribution in [3.63, 3.8) is 0 Å². The summed E-state index contributed by atoms with van der Waals surface area (Å²) in [6, 6.07) is 10.3. The molecule has 0 N–H and O–H groups in total. The molecule has 1 unspecified atom stereocenters. The van der Waals surface area contributed by atoms with Gasteiger partial charge in [-0.3, -0.25) is 9.48 Å². The number of Topliss-reactive ketones (excluding diaryl/α,β-unsaturated/α-hetero) is 1. The van der Waals surface area contributed by atoms with E-state index in [9.17, 15) is 4.79 Å². The van der Waals surface area contributed by atoms with E-state index in [2.05, 4.69) is 23.3 Å². The van der Waals surface area contributed by atoms with Crippen molar-refractivity contribution in [1.82, 2.24) is 9.78 Å². The van der Waals surface area contributed by atoms with Crippen LogP contribution in [0.1, 0.15) is 34.9 Å². The third kappa shape index (κ3) is 2.21. The van der Waals surface area contributed by atoms with Gasteiger partial charge in [0.05, 0.1) is 5.69 Å². The van der Waals surface area contributed by atoms with E-state index in [-0.39, 0.29) is 5.92 Å². The van der Waals surface area contributed by atoms with Gasteiger partial charge in [0.1, 0.15) is 5.78 Å². The molecular weight excluding hydrogens is 236 g/mol. The first kappa shape index (κ1) is 12.2. The average molecular weight is 254 g/mol. The fourth-order valence-electron chi connectivity index (χ4n) is 3.02. The van der Waals surface area contributed by atoms with Gasteiger partial charge >= 0.3 is 0 Å². The molecule has 0 radical (unpaired) electrons. The number of aryl methyl sites for hydroxylation is 3. The predicted octanol–water partition coefficient (Wildman–Crippen LogP) is 2.57. The van der Waals surface area contributed by atoms with Crippen LogP contribution in [0.3, 0.4) is 0 Å². The largest absolute Gasteiger partial charge is 0.299 e. The molecule has 0 fully saturated rings. The Morgan fingerprint density at radius 2 is 2.21 bits per heavy atom. The Morgan fingerprint density at radius 1 is 1.42 bits per heavy atom. The molecule has 1 aliphatic rings. The van der Waals surface area contributed by atoms with E-state index < -0.39 is 0 Å². The van der Waals surface area contributed by atoms with Gasteiger partial charge in [-0.1, -0.05) is 24.3 Å². The van der Waals surface area contributed by atoms with Gasteiger partial charge in [-0.25, -0.2) is 0 Å². The van der Waals surface area contributed by atoms with Gasteiger partial charge in [0.25, 0.3) is 0 Å². The molecule has 98 valence electrons. The monoisotopic (exact) mass is 254 g/mol. The zero-order valence-electron chi connectivity index (χ0n) is 11.4. The number of ketones is 1. The summed E-state index contributed by atoms with van der Waals surface area (Å²) in [4.78, 5) is 12.5. The quantitative estimate of drug-likeness (QED) is 0.843. The van der Waals surface area contributed by atoms with Gasteiger partial charge in [0.2, 0.25) is 0 Å². The molecule has 1 heterocycles. The number of rotatable bonds is 3. The van der Waals surface area contributed by atoms with Crippen LogP contribution in [0.5, 0.6) is 0 Å². The maximum Gasteiger partial charge on any atom is 0.146 e. The zero-order valence-corrected chi connectivity index (χ0v) is 11.4. The Labute approximate surface area is 113 Å². The molecule has 3 nitrogen and oxygen atoms in total. The Kier molecular flexibility index (Phi) is 2.97. The van der Waals surface area contributed by atoms with Crippen LogP contribution in [-0.4, -0.2) is 15.6 Å². The van der Waals surface area contributed by atoms with Crippen LogP contribution < -0.4 is 0 Å². The maximum absolute atomic E-state index is 12.5. The van der Waals surface area contributed by atoms with Crippen LogP contribution in [0.4, 0.5) is 0 Å². The van der Waals surface area contributed by atoms with Crippen LogP contribution in [0.2, 0.25) is 0 Å². The van der Waals surface area contributed by atoms with E-state index >= 15 is 0 Å². The number of hydrogen-bond acceptors (Lipinski definition) is 2. The van der Waals surface area contributed by atoms with Crippen LogP contribution in [0.25, 0.3) is 0 Å². The lowest BCUT2D eigenvalue weighted by Crippen LogP contribution is -2.14. The third-order valence-electron chi connectivity index (χ3n) is 3.98. The van der Waals surface area contributed by atoms with Crippen LogP contribution in [0, 0.1) is 6.92 Å². The molecule has 1 aliphatic carbocycles. The normalized spacial score (nSPS) is 17.5. The Morgan fingerprint density at radius 3 is 2.95 bits per heavy atom. The number of hydrogen-bond donors (Lipinski definition) is 0. The van der Waals surface area contributed by atoms with Crippen molar-refractivity contribution in [1.29, 1.82) is 0 Å². The number of aromatic nitrogens is 2. The molecule has 0 amide bonds. The van der Waals surface area contributed by atoms with Crippen molar-refractivity contribution >= 4 is 5.78 Å². The number of benzene rings is 1. The molecule has 1 atom stereocenters. The fraction of sp³-hybridized carbons (Fsp3) is 0.375. The molecule has 3 heteroatoms. The lowest BCUT2D eigenvalue weighted by atomic mass is 9.94. The predicted molar refractivity (Wildman–Crippen MR) is 74.2 cm³/mol. The molecule has 1 aromatic carbocycles. The topological polar surface area (TPSA) is 34.9 Å². The minimum atomic E-state index is 0.0754. The summed E-state index contributed by atoms with van der Waals surface area (Å²) in [5.41, 5.74) is 4.54. The molecule has 0 bridgehead atoms. The molecule has 3 rings (SSSR count). The fourth-order valence-corrected chi connectivity index (χ4v) is 3.02. The molecule has 0 saturated carbocycles. The number of nitrogens with zero attached hydrogens (tertiary/aromatic N) is 2. The highest BCUT2D eigenvalue weighted by atomic mass is 16.1. The van der Waals surface area contributed by atoms with E-state index in [0.29, 0.717) is 12.2 Å². The van der Waals surface area contributed by atoms with Crippen LogP contribution >= 0.6 is 0 Å². The molecule has 0 saturated heterocycles. The van der Waals surface area contributed by atoms with Crippen molar-refractivity contribution in [3.8, 4) is 0 Å². The molecule has 0 spiro atoms. The van der Waals surface area contributed by atoms with Crippen molar-refractivity contribution in [2.75, 3.05) is 0 Å². The smallest absolute Gasteiger partial charge is 0.146 e. The second kappa shape index (κ2) is 4.65. The molecule has 0 aliphatic heterocycles. The highest BCUT2D eigenvalue weighted by molar-refractivity contribution is 5.88. The van der Waals surface area contributed by atoms with Gasteiger partial charge in [0.15, 0.2) is 0 Å². The highest BCUT2D eigenvalue weighted by Gasteiger charge is 2.28. The van der Waals surface area contributed by atoms with Crippen molar-refractivity contribution in [2.24, 2.45) is 7.05 Å². The van der Waals surface area contributed by atoms with E-state index in [4.69, 9.17) is 0 Å². The van der Waals surface area contributed by atoms with Gasteiger partial charge in [-0.2, -0.15) is 5.10 Å². The first-order valence-corrected chi connectivity index (χ1v) is 6.75. The van der Waals surface area contributed by atoms with Gasteiger partial charge < -0.3 is 0 Å². The van der Waals surface area contributed by atoms with Crippen molar-refractivity contribution in [3.05, 3.63) is 52.8 Å². The second-order valence-corrected chi connectivity index (χ2v) is 5.33. The molecule has 19 heavy (non-hydrogen) atoms. The first-order valence-electron chi connectivity index (χ1n) is 6.75. The second-order valence-electron chi connectivity index (χ2n) is 5.33. The summed E-state index contributed by atoms with van der Waals surface area (Å²) >= 11 is 0.